The van der Waals surface area contributed by atoms with Crippen LogP contribution in [0.1, 0.15) is 41.6 Å². The molecule has 1 amide bonds. The van der Waals surface area contributed by atoms with E-state index in [1.165, 1.54) is 0 Å². The second-order valence-electron chi connectivity index (χ2n) is 5.77. The number of likely N-dealkylation sites (N-methyl/N-ethyl adjacent to an activating group) is 1. The minimum Gasteiger partial charge on any atom is -0.388 e. The van der Waals surface area contributed by atoms with Crippen molar-refractivity contribution in [2.75, 3.05) is 19.8 Å². The summed E-state index contributed by atoms with van der Waals surface area (Å²) in [7, 11) is 1.78. The molecule has 20 heavy (non-hydrogen) atoms. The zero-order valence-electron chi connectivity index (χ0n) is 12.5. The molecule has 0 heterocycles. The van der Waals surface area contributed by atoms with E-state index < -0.39 is 5.60 Å². The maximum Gasteiger partial charge on any atom is 0.254 e. The maximum absolute atomic E-state index is 12.6. The fourth-order valence-corrected chi connectivity index (χ4v) is 3.31. The monoisotopic (exact) mass is 293 g/mol. The molecule has 1 aliphatic carbocycles. The first-order valence-electron chi connectivity index (χ1n) is 7.08. The molecule has 0 spiro atoms. The Morgan fingerprint density at radius 3 is 2.65 bits per heavy atom. The van der Waals surface area contributed by atoms with Crippen LogP contribution >= 0.6 is 11.8 Å². The second-order valence-corrected chi connectivity index (χ2v) is 6.65. The fourth-order valence-electron chi connectivity index (χ4n) is 2.87. The first-order chi connectivity index (χ1) is 9.45. The molecule has 1 aliphatic rings. The van der Waals surface area contributed by atoms with Crippen molar-refractivity contribution in [3.05, 3.63) is 29.3 Å². The quantitative estimate of drug-likeness (QED) is 0.867. The number of hydrogen-bond acceptors (Lipinski definition) is 3. The van der Waals surface area contributed by atoms with Crippen LogP contribution < -0.4 is 0 Å². The number of nitrogens with zero attached hydrogens (tertiary/aromatic N) is 1. The molecule has 0 saturated heterocycles. The van der Waals surface area contributed by atoms with Gasteiger partial charge in [0.05, 0.1) is 5.60 Å². The van der Waals surface area contributed by atoms with Crippen LogP contribution in [0.5, 0.6) is 0 Å². The van der Waals surface area contributed by atoms with Gasteiger partial charge in [0.25, 0.3) is 5.91 Å². The van der Waals surface area contributed by atoms with Gasteiger partial charge in [0.1, 0.15) is 0 Å². The minimum atomic E-state index is -0.685. The Labute approximate surface area is 125 Å². The summed E-state index contributed by atoms with van der Waals surface area (Å²) in [5, 5.41) is 10.4. The lowest BCUT2D eigenvalue weighted by molar-refractivity contribution is 0.0156. The lowest BCUT2D eigenvalue weighted by atomic mass is 10.0. The minimum absolute atomic E-state index is 0.00118. The molecular formula is C16H23NO2S. The number of aryl methyl sites for hydroxylation is 1. The van der Waals surface area contributed by atoms with Gasteiger partial charge in [-0.25, -0.2) is 0 Å². The van der Waals surface area contributed by atoms with Crippen LogP contribution in [0.2, 0.25) is 0 Å². The van der Waals surface area contributed by atoms with Gasteiger partial charge in [0.15, 0.2) is 0 Å². The summed E-state index contributed by atoms with van der Waals surface area (Å²) in [6.45, 7) is 2.38. The highest BCUT2D eigenvalue weighted by molar-refractivity contribution is 7.98. The van der Waals surface area contributed by atoms with Crippen LogP contribution in [0.15, 0.2) is 23.1 Å². The van der Waals surface area contributed by atoms with Gasteiger partial charge >= 0.3 is 0 Å². The predicted molar refractivity (Wildman–Crippen MR) is 83.3 cm³/mol. The zero-order chi connectivity index (χ0) is 14.8. The number of benzene rings is 1. The number of carbonyl (C=O) groups is 1. The third kappa shape index (κ3) is 3.36. The summed E-state index contributed by atoms with van der Waals surface area (Å²) in [6, 6.07) is 5.95. The van der Waals surface area contributed by atoms with Crippen molar-refractivity contribution in [3.63, 3.8) is 0 Å². The molecule has 1 fully saturated rings. The number of thioether (sulfide) groups is 1. The Morgan fingerprint density at radius 1 is 1.40 bits per heavy atom. The van der Waals surface area contributed by atoms with Crippen LogP contribution in [0.3, 0.4) is 0 Å². The Hall–Kier alpha value is -1.00. The average molecular weight is 293 g/mol. The summed E-state index contributed by atoms with van der Waals surface area (Å²) in [5.41, 5.74) is 1.04. The first-order valence-corrected chi connectivity index (χ1v) is 8.30. The highest BCUT2D eigenvalue weighted by Gasteiger charge is 2.33. The Morgan fingerprint density at radius 2 is 2.05 bits per heavy atom. The van der Waals surface area contributed by atoms with E-state index in [2.05, 4.69) is 0 Å². The summed E-state index contributed by atoms with van der Waals surface area (Å²) in [4.78, 5) is 15.3. The van der Waals surface area contributed by atoms with Crippen LogP contribution in [0.25, 0.3) is 0 Å². The van der Waals surface area contributed by atoms with E-state index in [-0.39, 0.29) is 5.91 Å². The molecule has 0 bridgehead atoms. The van der Waals surface area contributed by atoms with Crippen molar-refractivity contribution in [3.8, 4) is 0 Å². The van der Waals surface area contributed by atoms with Crippen molar-refractivity contribution in [1.82, 2.24) is 4.90 Å². The van der Waals surface area contributed by atoms with E-state index in [0.717, 1.165) is 41.7 Å². The number of carbonyl (C=O) groups excluding carboxylic acids is 1. The van der Waals surface area contributed by atoms with Gasteiger partial charge in [-0.3, -0.25) is 4.79 Å². The Bertz CT molecular complexity index is 495. The average Bonchev–Trinajstić information content (AvgIpc) is 2.85. The summed E-state index contributed by atoms with van der Waals surface area (Å²) >= 11 is 1.63. The van der Waals surface area contributed by atoms with E-state index in [4.69, 9.17) is 0 Å². The standard InChI is InChI=1S/C16H23NO2S/c1-12-6-7-13(20-3)10-14(12)15(18)17(2)11-16(19)8-4-5-9-16/h6-7,10,19H,4-5,8-9,11H2,1-3H3. The smallest absolute Gasteiger partial charge is 0.254 e. The van der Waals surface area contributed by atoms with Gasteiger partial charge in [-0.15, -0.1) is 11.8 Å². The second kappa shape index (κ2) is 6.19. The molecule has 0 aliphatic heterocycles. The van der Waals surface area contributed by atoms with Gasteiger partial charge in [-0.05, 0) is 43.7 Å². The van der Waals surface area contributed by atoms with Crippen molar-refractivity contribution in [1.29, 1.82) is 0 Å². The molecule has 1 N–H and O–H groups in total. The SMILES string of the molecule is CSc1ccc(C)c(C(=O)N(C)CC2(O)CCCC2)c1. The lowest BCUT2D eigenvalue weighted by Crippen LogP contribution is -2.42. The highest BCUT2D eigenvalue weighted by atomic mass is 32.2. The summed E-state index contributed by atoms with van der Waals surface area (Å²) < 4.78 is 0. The number of aliphatic hydroxyl groups is 1. The third-order valence-corrected chi connectivity index (χ3v) is 4.81. The third-order valence-electron chi connectivity index (χ3n) is 4.09. The van der Waals surface area contributed by atoms with Crippen LogP contribution in [-0.4, -0.2) is 41.4 Å². The number of amides is 1. The van der Waals surface area contributed by atoms with Gasteiger partial charge in [0, 0.05) is 24.1 Å². The molecule has 110 valence electrons. The van der Waals surface area contributed by atoms with E-state index in [1.807, 2.05) is 31.4 Å². The largest absolute Gasteiger partial charge is 0.388 e. The molecule has 0 aromatic heterocycles. The lowest BCUT2D eigenvalue weighted by Gasteiger charge is -2.29. The van der Waals surface area contributed by atoms with E-state index >= 15 is 0 Å². The van der Waals surface area contributed by atoms with E-state index in [1.54, 1.807) is 23.7 Å². The Balaban J connectivity index is 2.14. The van der Waals surface area contributed by atoms with Gasteiger partial charge in [0.2, 0.25) is 0 Å². The molecule has 4 heteroatoms. The molecule has 0 atom stereocenters. The number of hydrogen-bond donors (Lipinski definition) is 1. The molecule has 0 unspecified atom stereocenters. The van der Waals surface area contributed by atoms with Crippen molar-refractivity contribution < 1.29 is 9.90 Å². The van der Waals surface area contributed by atoms with Gasteiger partial charge < -0.3 is 10.0 Å². The van der Waals surface area contributed by atoms with Gasteiger partial charge in [-0.1, -0.05) is 18.9 Å². The van der Waals surface area contributed by atoms with Crippen molar-refractivity contribution in [2.45, 2.75) is 43.1 Å². The number of rotatable bonds is 4. The molecule has 1 aromatic rings. The van der Waals surface area contributed by atoms with E-state index in [9.17, 15) is 9.90 Å². The topological polar surface area (TPSA) is 40.5 Å². The molecule has 0 radical (unpaired) electrons. The normalized spacial score (nSPS) is 17.2. The molecule has 2 rings (SSSR count). The summed E-state index contributed by atoms with van der Waals surface area (Å²) in [5.74, 6) is -0.00118. The zero-order valence-corrected chi connectivity index (χ0v) is 13.3. The van der Waals surface area contributed by atoms with Crippen molar-refractivity contribution in [2.24, 2.45) is 0 Å². The molecule has 1 aromatic carbocycles. The van der Waals surface area contributed by atoms with Crippen LogP contribution in [0, 0.1) is 6.92 Å². The molecule has 3 nitrogen and oxygen atoms in total. The summed E-state index contributed by atoms with van der Waals surface area (Å²) in [6.07, 6.45) is 5.71. The van der Waals surface area contributed by atoms with Crippen molar-refractivity contribution >= 4 is 17.7 Å². The highest BCUT2D eigenvalue weighted by Crippen LogP contribution is 2.30. The predicted octanol–water partition coefficient (Wildman–Crippen LogP) is 3.09. The first kappa shape index (κ1) is 15.4. The molecule has 1 saturated carbocycles. The maximum atomic E-state index is 12.6. The van der Waals surface area contributed by atoms with Crippen LogP contribution in [-0.2, 0) is 0 Å². The fraction of sp³-hybridized carbons (Fsp3) is 0.562. The Kier molecular flexibility index (Phi) is 4.76. The van der Waals surface area contributed by atoms with Gasteiger partial charge in [-0.2, -0.15) is 0 Å². The van der Waals surface area contributed by atoms with Crippen LogP contribution in [0.4, 0.5) is 0 Å². The molecular weight excluding hydrogens is 270 g/mol. The van der Waals surface area contributed by atoms with E-state index in [0.29, 0.717) is 6.54 Å².